The number of carbonyl (C=O) groups excluding carboxylic acids is 1. The lowest BCUT2D eigenvalue weighted by Crippen LogP contribution is -2.49. The number of rotatable bonds is 3. The van der Waals surface area contributed by atoms with Gasteiger partial charge in [0, 0.05) is 26.2 Å². The van der Waals surface area contributed by atoms with E-state index in [0.29, 0.717) is 5.91 Å². The SMILES string of the molecule is Cl.Cl.O=C(C1CCCNC1)N1CCN(CC2CC2)c2ccccc21. The number of carbonyl (C=O) groups is 1. The molecule has 1 atom stereocenters. The van der Waals surface area contributed by atoms with E-state index in [4.69, 9.17) is 0 Å². The molecule has 0 bridgehead atoms. The predicted molar refractivity (Wildman–Crippen MR) is 104 cm³/mol. The van der Waals surface area contributed by atoms with E-state index in [2.05, 4.69) is 34.5 Å². The molecule has 1 saturated heterocycles. The van der Waals surface area contributed by atoms with Crippen LogP contribution in [-0.2, 0) is 4.79 Å². The second kappa shape index (κ2) is 8.41. The Morgan fingerprint density at radius 3 is 2.50 bits per heavy atom. The summed E-state index contributed by atoms with van der Waals surface area (Å²) in [4.78, 5) is 17.4. The lowest BCUT2D eigenvalue weighted by atomic mass is 9.97. The average Bonchev–Trinajstić information content (AvgIpc) is 3.39. The molecule has 134 valence electrons. The van der Waals surface area contributed by atoms with Crippen molar-refractivity contribution >= 4 is 42.1 Å². The van der Waals surface area contributed by atoms with E-state index in [1.807, 2.05) is 4.90 Å². The van der Waals surface area contributed by atoms with Crippen LogP contribution in [0.3, 0.4) is 0 Å². The smallest absolute Gasteiger partial charge is 0.231 e. The highest BCUT2D eigenvalue weighted by molar-refractivity contribution is 5.99. The van der Waals surface area contributed by atoms with Crippen LogP contribution in [0.5, 0.6) is 0 Å². The van der Waals surface area contributed by atoms with Crippen molar-refractivity contribution in [2.45, 2.75) is 25.7 Å². The molecule has 4 rings (SSSR count). The fourth-order valence-corrected chi connectivity index (χ4v) is 3.74. The summed E-state index contributed by atoms with van der Waals surface area (Å²) in [5.74, 6) is 1.33. The zero-order valence-electron chi connectivity index (χ0n) is 13.9. The summed E-state index contributed by atoms with van der Waals surface area (Å²) in [5, 5.41) is 3.36. The minimum absolute atomic E-state index is 0. The zero-order valence-corrected chi connectivity index (χ0v) is 15.6. The Morgan fingerprint density at radius 2 is 1.83 bits per heavy atom. The van der Waals surface area contributed by atoms with Crippen LogP contribution in [-0.4, -0.2) is 38.6 Å². The Hall–Kier alpha value is -0.970. The number of anilines is 2. The lowest BCUT2D eigenvalue weighted by molar-refractivity contribution is -0.122. The number of benzene rings is 1. The van der Waals surface area contributed by atoms with Crippen LogP contribution in [0.25, 0.3) is 0 Å². The van der Waals surface area contributed by atoms with Crippen molar-refractivity contribution in [3.63, 3.8) is 0 Å². The van der Waals surface area contributed by atoms with Crippen molar-refractivity contribution < 1.29 is 4.79 Å². The van der Waals surface area contributed by atoms with E-state index in [-0.39, 0.29) is 30.7 Å². The first-order chi connectivity index (χ1) is 10.8. The number of hydrogen-bond donors (Lipinski definition) is 1. The molecule has 0 radical (unpaired) electrons. The van der Waals surface area contributed by atoms with Gasteiger partial charge in [0.05, 0.1) is 17.3 Å². The molecule has 0 aromatic heterocycles. The van der Waals surface area contributed by atoms with E-state index >= 15 is 0 Å². The van der Waals surface area contributed by atoms with Gasteiger partial charge in [-0.05, 0) is 50.3 Å². The van der Waals surface area contributed by atoms with Crippen molar-refractivity contribution in [3.8, 4) is 0 Å². The topological polar surface area (TPSA) is 35.6 Å². The number of amides is 1. The van der Waals surface area contributed by atoms with E-state index in [0.717, 1.165) is 57.2 Å². The minimum atomic E-state index is 0. The molecule has 24 heavy (non-hydrogen) atoms. The first-order valence-corrected chi connectivity index (χ1v) is 8.69. The van der Waals surface area contributed by atoms with Gasteiger partial charge >= 0.3 is 0 Å². The Labute approximate surface area is 156 Å². The molecule has 2 heterocycles. The number of para-hydroxylation sites is 2. The summed E-state index contributed by atoms with van der Waals surface area (Å²) in [5.41, 5.74) is 2.36. The second-order valence-corrected chi connectivity index (χ2v) is 6.91. The molecule has 6 heteroatoms. The second-order valence-electron chi connectivity index (χ2n) is 6.91. The molecule has 1 amide bonds. The van der Waals surface area contributed by atoms with Crippen molar-refractivity contribution in [1.29, 1.82) is 0 Å². The van der Waals surface area contributed by atoms with Gasteiger partial charge in [-0.25, -0.2) is 0 Å². The van der Waals surface area contributed by atoms with Crippen LogP contribution >= 0.6 is 24.8 Å². The molecule has 2 aliphatic heterocycles. The van der Waals surface area contributed by atoms with Gasteiger partial charge < -0.3 is 15.1 Å². The number of hydrogen-bond acceptors (Lipinski definition) is 3. The first-order valence-electron chi connectivity index (χ1n) is 8.69. The van der Waals surface area contributed by atoms with Gasteiger partial charge in [-0.3, -0.25) is 4.79 Å². The van der Waals surface area contributed by atoms with Gasteiger partial charge in [0.2, 0.25) is 5.91 Å². The molecule has 1 aliphatic carbocycles. The van der Waals surface area contributed by atoms with Gasteiger partial charge in [0.25, 0.3) is 0 Å². The summed E-state index contributed by atoms with van der Waals surface area (Å²) in [6.07, 6.45) is 4.88. The largest absolute Gasteiger partial charge is 0.368 e. The highest BCUT2D eigenvalue weighted by Gasteiger charge is 2.33. The number of halogens is 2. The molecular weight excluding hydrogens is 345 g/mol. The molecule has 3 aliphatic rings. The Bertz CT molecular complexity index is 559. The fraction of sp³-hybridized carbons (Fsp3) is 0.611. The van der Waals surface area contributed by atoms with Crippen molar-refractivity contribution in [2.75, 3.05) is 42.5 Å². The third kappa shape index (κ3) is 3.98. The summed E-state index contributed by atoms with van der Waals surface area (Å²) in [6, 6.07) is 8.44. The number of piperidine rings is 1. The zero-order chi connectivity index (χ0) is 14.9. The van der Waals surface area contributed by atoms with Crippen molar-refractivity contribution in [2.24, 2.45) is 11.8 Å². The number of nitrogens with zero attached hydrogens (tertiary/aromatic N) is 2. The molecule has 1 saturated carbocycles. The monoisotopic (exact) mass is 371 g/mol. The quantitative estimate of drug-likeness (QED) is 0.886. The Kier molecular flexibility index (Phi) is 6.79. The lowest BCUT2D eigenvalue weighted by Gasteiger charge is -2.39. The highest BCUT2D eigenvalue weighted by Crippen LogP contribution is 2.38. The minimum Gasteiger partial charge on any atom is -0.368 e. The normalized spacial score (nSPS) is 22.9. The van der Waals surface area contributed by atoms with Crippen LogP contribution in [0.2, 0.25) is 0 Å². The maximum absolute atomic E-state index is 12.9. The first kappa shape index (κ1) is 19.4. The van der Waals surface area contributed by atoms with E-state index in [1.165, 1.54) is 18.5 Å². The summed E-state index contributed by atoms with van der Waals surface area (Å²) < 4.78 is 0. The van der Waals surface area contributed by atoms with Gasteiger partial charge in [0.15, 0.2) is 0 Å². The number of fused-ring (bicyclic) bond motifs is 1. The van der Waals surface area contributed by atoms with Crippen molar-refractivity contribution in [1.82, 2.24) is 5.32 Å². The van der Waals surface area contributed by atoms with Crippen LogP contribution in [0.4, 0.5) is 11.4 Å². The van der Waals surface area contributed by atoms with Gasteiger partial charge in [0.1, 0.15) is 0 Å². The number of nitrogens with one attached hydrogen (secondary N) is 1. The molecule has 4 nitrogen and oxygen atoms in total. The molecule has 2 fully saturated rings. The fourth-order valence-electron chi connectivity index (χ4n) is 3.74. The summed E-state index contributed by atoms with van der Waals surface area (Å²) in [6.45, 7) is 4.85. The molecular formula is C18H27Cl2N3O. The third-order valence-corrected chi connectivity index (χ3v) is 5.19. The summed E-state index contributed by atoms with van der Waals surface area (Å²) in [7, 11) is 0. The summed E-state index contributed by atoms with van der Waals surface area (Å²) >= 11 is 0. The Morgan fingerprint density at radius 1 is 1.08 bits per heavy atom. The van der Waals surface area contributed by atoms with E-state index in [9.17, 15) is 4.79 Å². The molecule has 1 aromatic rings. The molecule has 1 aromatic carbocycles. The predicted octanol–water partition coefficient (Wildman–Crippen LogP) is 3.09. The maximum atomic E-state index is 12.9. The molecule has 1 unspecified atom stereocenters. The van der Waals surface area contributed by atoms with Gasteiger partial charge in [-0.1, -0.05) is 12.1 Å². The van der Waals surface area contributed by atoms with Gasteiger partial charge in [-0.15, -0.1) is 24.8 Å². The third-order valence-electron chi connectivity index (χ3n) is 5.19. The van der Waals surface area contributed by atoms with Crippen LogP contribution < -0.4 is 15.1 Å². The molecule has 1 N–H and O–H groups in total. The molecule has 0 spiro atoms. The highest BCUT2D eigenvalue weighted by atomic mass is 35.5. The van der Waals surface area contributed by atoms with Crippen LogP contribution in [0, 0.1) is 11.8 Å². The van der Waals surface area contributed by atoms with Crippen LogP contribution in [0.1, 0.15) is 25.7 Å². The van der Waals surface area contributed by atoms with E-state index in [1.54, 1.807) is 0 Å². The Balaban J connectivity index is 0.00000104. The maximum Gasteiger partial charge on any atom is 0.231 e. The van der Waals surface area contributed by atoms with Crippen molar-refractivity contribution in [3.05, 3.63) is 24.3 Å². The van der Waals surface area contributed by atoms with Gasteiger partial charge in [-0.2, -0.15) is 0 Å². The van der Waals surface area contributed by atoms with Crippen LogP contribution in [0.15, 0.2) is 24.3 Å². The standard InChI is InChI=1S/C18H25N3O.2ClH/c22-18(15-4-3-9-19-12-15)21-11-10-20(13-14-7-8-14)16-5-1-2-6-17(16)21;;/h1-2,5-6,14-15,19H,3-4,7-13H2;2*1H. The van der Waals surface area contributed by atoms with E-state index < -0.39 is 0 Å². The average molecular weight is 372 g/mol.